The zero-order valence-electron chi connectivity index (χ0n) is 12.6. The number of rotatable bonds is 4. The minimum atomic E-state index is -0.560. The molecule has 1 atom stereocenters. The Morgan fingerprint density at radius 1 is 1.12 bits per heavy atom. The summed E-state index contributed by atoms with van der Waals surface area (Å²) in [5.41, 5.74) is 6.16. The van der Waals surface area contributed by atoms with Gasteiger partial charge in [0.1, 0.15) is 16.7 Å². The van der Waals surface area contributed by atoms with Gasteiger partial charge in [-0.05, 0) is 36.4 Å². The summed E-state index contributed by atoms with van der Waals surface area (Å²) in [4.78, 5) is 27.2. The Hall–Kier alpha value is -2.80. The van der Waals surface area contributed by atoms with Crippen molar-refractivity contribution < 1.29 is 14.3 Å². The maximum atomic E-state index is 12.2. The van der Waals surface area contributed by atoms with E-state index in [1.807, 2.05) is 30.3 Å². The second kappa shape index (κ2) is 7.18. The van der Waals surface area contributed by atoms with Crippen molar-refractivity contribution in [1.82, 2.24) is 0 Å². The van der Waals surface area contributed by atoms with Crippen LogP contribution in [0.5, 0.6) is 11.5 Å². The molecule has 3 N–H and O–H groups in total. The van der Waals surface area contributed by atoms with Gasteiger partial charge in [0.25, 0.3) is 0 Å². The minimum Gasteiger partial charge on any atom is -0.457 e. The van der Waals surface area contributed by atoms with Crippen LogP contribution in [0.1, 0.15) is 6.42 Å². The number of hydrogen-bond donors (Lipinski definition) is 2. The maximum Gasteiger partial charge on any atom is 0.249 e. The molecule has 122 valence electrons. The molecule has 0 saturated carbocycles. The lowest BCUT2D eigenvalue weighted by Gasteiger charge is -2.17. The first-order chi connectivity index (χ1) is 11.6. The van der Waals surface area contributed by atoms with Gasteiger partial charge in [0.2, 0.25) is 11.8 Å². The molecule has 24 heavy (non-hydrogen) atoms. The highest BCUT2D eigenvalue weighted by Gasteiger charge is 2.27. The highest BCUT2D eigenvalue weighted by atomic mass is 32.2. The Balaban J connectivity index is 1.61. The van der Waals surface area contributed by atoms with E-state index in [2.05, 4.69) is 10.3 Å². The SMILES string of the molecule is NC1=NC(=O)CC(C(=O)Nc2ccc(Oc3ccccc3)cc2)S1. The summed E-state index contributed by atoms with van der Waals surface area (Å²) >= 11 is 1.09. The number of hydrogen-bond acceptors (Lipinski definition) is 5. The molecule has 1 aliphatic heterocycles. The third-order valence-corrected chi connectivity index (χ3v) is 4.25. The molecule has 0 saturated heterocycles. The lowest BCUT2D eigenvalue weighted by atomic mass is 10.2. The summed E-state index contributed by atoms with van der Waals surface area (Å²) in [5, 5.41) is 2.33. The van der Waals surface area contributed by atoms with Crippen LogP contribution in [0, 0.1) is 0 Å². The van der Waals surface area contributed by atoms with Gasteiger partial charge < -0.3 is 15.8 Å². The number of para-hydroxylation sites is 1. The second-order valence-corrected chi connectivity index (χ2v) is 6.31. The lowest BCUT2D eigenvalue weighted by Crippen LogP contribution is -2.33. The number of aliphatic imine (C=N–C) groups is 1. The quantitative estimate of drug-likeness (QED) is 0.892. The summed E-state index contributed by atoms with van der Waals surface area (Å²) < 4.78 is 5.69. The molecule has 2 aromatic rings. The Kier molecular flexibility index (Phi) is 4.81. The van der Waals surface area contributed by atoms with Crippen molar-refractivity contribution in [1.29, 1.82) is 0 Å². The van der Waals surface area contributed by atoms with Crippen LogP contribution in [0.2, 0.25) is 0 Å². The van der Waals surface area contributed by atoms with Gasteiger partial charge in [-0.25, -0.2) is 0 Å². The number of amidine groups is 1. The number of ether oxygens (including phenoxy) is 1. The fourth-order valence-corrected chi connectivity index (χ4v) is 2.98. The number of nitrogens with one attached hydrogen (secondary N) is 1. The van der Waals surface area contributed by atoms with E-state index < -0.39 is 5.25 Å². The molecule has 0 bridgehead atoms. The molecule has 0 fully saturated rings. The van der Waals surface area contributed by atoms with Crippen LogP contribution in [0.15, 0.2) is 59.6 Å². The smallest absolute Gasteiger partial charge is 0.249 e. The van der Waals surface area contributed by atoms with Crippen molar-refractivity contribution >= 4 is 34.4 Å². The van der Waals surface area contributed by atoms with E-state index in [4.69, 9.17) is 10.5 Å². The highest BCUT2D eigenvalue weighted by Crippen LogP contribution is 2.25. The first kappa shape index (κ1) is 16.1. The number of thioether (sulfide) groups is 1. The van der Waals surface area contributed by atoms with Crippen molar-refractivity contribution in [2.45, 2.75) is 11.7 Å². The molecule has 1 unspecified atom stereocenters. The average molecular weight is 341 g/mol. The first-order valence-electron chi connectivity index (χ1n) is 7.27. The molecular formula is C17H15N3O3S. The molecule has 0 spiro atoms. The van der Waals surface area contributed by atoms with Crippen molar-refractivity contribution in [3.05, 3.63) is 54.6 Å². The van der Waals surface area contributed by atoms with Gasteiger partial charge >= 0.3 is 0 Å². The van der Waals surface area contributed by atoms with Crippen LogP contribution in [-0.4, -0.2) is 22.2 Å². The standard InChI is InChI=1S/C17H15N3O3S/c18-17-20-15(21)10-14(24-17)16(22)19-11-6-8-13(9-7-11)23-12-4-2-1-3-5-12/h1-9,14H,10H2,(H,19,22)(H2,18,20,21). The van der Waals surface area contributed by atoms with Crippen molar-refractivity contribution in [2.24, 2.45) is 10.7 Å². The number of nitrogens with two attached hydrogens (primary N) is 1. The van der Waals surface area contributed by atoms with E-state index >= 15 is 0 Å². The van der Waals surface area contributed by atoms with Gasteiger partial charge in [-0.1, -0.05) is 30.0 Å². The van der Waals surface area contributed by atoms with Crippen LogP contribution >= 0.6 is 11.8 Å². The van der Waals surface area contributed by atoms with Crippen LogP contribution in [-0.2, 0) is 9.59 Å². The van der Waals surface area contributed by atoms with Gasteiger partial charge in [0.05, 0.1) is 6.42 Å². The van der Waals surface area contributed by atoms with Crippen molar-refractivity contribution in [3.8, 4) is 11.5 Å². The molecular weight excluding hydrogens is 326 g/mol. The number of benzene rings is 2. The number of anilines is 1. The molecule has 3 rings (SSSR count). The zero-order chi connectivity index (χ0) is 16.9. The Labute approximate surface area is 143 Å². The van der Waals surface area contributed by atoms with E-state index in [9.17, 15) is 9.59 Å². The van der Waals surface area contributed by atoms with Gasteiger partial charge in [-0.15, -0.1) is 0 Å². The Morgan fingerprint density at radius 3 is 2.46 bits per heavy atom. The predicted octanol–water partition coefficient (Wildman–Crippen LogP) is 2.76. The van der Waals surface area contributed by atoms with Crippen LogP contribution in [0.25, 0.3) is 0 Å². The lowest BCUT2D eigenvalue weighted by molar-refractivity contribution is -0.121. The third-order valence-electron chi connectivity index (χ3n) is 3.25. The number of carbonyl (C=O) groups excluding carboxylic acids is 2. The molecule has 0 radical (unpaired) electrons. The highest BCUT2D eigenvalue weighted by molar-refractivity contribution is 8.15. The summed E-state index contributed by atoms with van der Waals surface area (Å²) in [6.45, 7) is 0. The summed E-state index contributed by atoms with van der Waals surface area (Å²) in [5.74, 6) is 0.750. The van der Waals surface area contributed by atoms with E-state index in [0.29, 0.717) is 11.4 Å². The monoisotopic (exact) mass is 341 g/mol. The number of amides is 2. The van der Waals surface area contributed by atoms with Crippen LogP contribution in [0.4, 0.5) is 5.69 Å². The van der Waals surface area contributed by atoms with Gasteiger partial charge in [-0.3, -0.25) is 9.59 Å². The van der Waals surface area contributed by atoms with E-state index in [0.717, 1.165) is 17.5 Å². The second-order valence-electron chi connectivity index (χ2n) is 5.08. The molecule has 1 heterocycles. The maximum absolute atomic E-state index is 12.2. The van der Waals surface area contributed by atoms with Crippen molar-refractivity contribution in [3.63, 3.8) is 0 Å². The summed E-state index contributed by atoms with van der Waals surface area (Å²) in [6, 6.07) is 16.4. The number of nitrogens with zero attached hydrogens (tertiary/aromatic N) is 1. The van der Waals surface area contributed by atoms with E-state index in [-0.39, 0.29) is 23.4 Å². The first-order valence-corrected chi connectivity index (χ1v) is 8.15. The average Bonchev–Trinajstić information content (AvgIpc) is 2.57. The van der Waals surface area contributed by atoms with Gasteiger partial charge in [0.15, 0.2) is 5.17 Å². The Bertz CT molecular complexity index is 775. The molecule has 0 aliphatic carbocycles. The van der Waals surface area contributed by atoms with Crippen molar-refractivity contribution in [2.75, 3.05) is 5.32 Å². The Morgan fingerprint density at radius 2 is 1.79 bits per heavy atom. The topological polar surface area (TPSA) is 93.8 Å². The fraction of sp³-hybridized carbons (Fsp3) is 0.118. The summed E-state index contributed by atoms with van der Waals surface area (Å²) in [7, 11) is 0. The molecule has 6 nitrogen and oxygen atoms in total. The molecule has 2 aromatic carbocycles. The number of carbonyl (C=O) groups is 2. The van der Waals surface area contributed by atoms with Crippen LogP contribution < -0.4 is 15.8 Å². The van der Waals surface area contributed by atoms with E-state index in [1.54, 1.807) is 24.3 Å². The van der Waals surface area contributed by atoms with Gasteiger partial charge in [0, 0.05) is 5.69 Å². The zero-order valence-corrected chi connectivity index (χ0v) is 13.5. The molecule has 2 amide bonds. The minimum absolute atomic E-state index is 0.0480. The molecule has 1 aliphatic rings. The molecule has 7 heteroatoms. The van der Waals surface area contributed by atoms with E-state index in [1.165, 1.54) is 0 Å². The predicted molar refractivity (Wildman–Crippen MR) is 94.2 cm³/mol. The largest absolute Gasteiger partial charge is 0.457 e. The van der Waals surface area contributed by atoms with Gasteiger partial charge in [-0.2, -0.15) is 4.99 Å². The third kappa shape index (κ3) is 4.14. The molecule has 0 aromatic heterocycles. The van der Waals surface area contributed by atoms with Crippen LogP contribution in [0.3, 0.4) is 0 Å². The normalized spacial score (nSPS) is 17.1. The summed E-state index contributed by atoms with van der Waals surface area (Å²) in [6.07, 6.45) is 0.0480. The fourth-order valence-electron chi connectivity index (χ4n) is 2.14.